The van der Waals surface area contributed by atoms with Crippen molar-refractivity contribution in [2.45, 2.75) is 11.4 Å². The Balaban J connectivity index is 1.56. The Morgan fingerprint density at radius 2 is 2.00 bits per heavy atom. The zero-order valence-electron chi connectivity index (χ0n) is 12.0. The first kappa shape index (κ1) is 16.0. The number of thiazole rings is 1. The van der Waals surface area contributed by atoms with E-state index in [1.165, 1.54) is 11.9 Å². The molecule has 7 heteroatoms. The molecule has 23 heavy (non-hydrogen) atoms. The monoisotopic (exact) mass is 363 g/mol. The van der Waals surface area contributed by atoms with Crippen LogP contribution in [0.4, 0.5) is 10.8 Å². The van der Waals surface area contributed by atoms with Crippen LogP contribution in [0.25, 0.3) is 0 Å². The van der Waals surface area contributed by atoms with Gasteiger partial charge >= 0.3 is 0 Å². The van der Waals surface area contributed by atoms with E-state index in [9.17, 15) is 5.11 Å². The molecule has 0 amide bonds. The van der Waals surface area contributed by atoms with E-state index in [0.29, 0.717) is 11.6 Å². The number of phenolic OH excluding ortho intramolecular Hbond substituents is 1. The molecule has 1 aromatic heterocycles. The van der Waals surface area contributed by atoms with Crippen molar-refractivity contribution < 1.29 is 5.11 Å². The Labute approximate surface area is 147 Å². The smallest absolute Gasteiger partial charge is 0.192 e. The van der Waals surface area contributed by atoms with Crippen LogP contribution in [0.3, 0.4) is 0 Å². The standard InChI is InChI=1S/C16H14ClN3OS2/c17-12-1-6-15(21)11(9-12)10-19-13-2-4-14(5-3-13)23-20-16-18-7-8-22-16/h1-9,19,21H,10H2,(H,18,20). The van der Waals surface area contributed by atoms with Crippen molar-refractivity contribution in [1.29, 1.82) is 0 Å². The van der Waals surface area contributed by atoms with Crippen LogP contribution in [0.2, 0.25) is 5.02 Å². The van der Waals surface area contributed by atoms with E-state index in [0.717, 1.165) is 21.3 Å². The highest BCUT2D eigenvalue weighted by molar-refractivity contribution is 8.00. The summed E-state index contributed by atoms with van der Waals surface area (Å²) in [6.07, 6.45) is 1.77. The number of nitrogens with zero attached hydrogens (tertiary/aromatic N) is 1. The predicted octanol–water partition coefficient (Wildman–Crippen LogP) is 5.23. The highest BCUT2D eigenvalue weighted by atomic mass is 35.5. The molecule has 3 N–H and O–H groups in total. The van der Waals surface area contributed by atoms with Gasteiger partial charge < -0.3 is 15.1 Å². The van der Waals surface area contributed by atoms with Crippen LogP contribution in [0, 0.1) is 0 Å². The summed E-state index contributed by atoms with van der Waals surface area (Å²) in [6.45, 7) is 0.510. The molecule has 0 spiro atoms. The third kappa shape index (κ3) is 4.54. The Hall–Kier alpha value is -1.89. The molecular weight excluding hydrogens is 350 g/mol. The van der Waals surface area contributed by atoms with E-state index in [4.69, 9.17) is 11.6 Å². The molecule has 0 unspecified atom stereocenters. The van der Waals surface area contributed by atoms with Crippen LogP contribution >= 0.6 is 34.9 Å². The second kappa shape index (κ2) is 7.59. The third-order valence-electron chi connectivity index (χ3n) is 3.07. The summed E-state index contributed by atoms with van der Waals surface area (Å²) >= 11 is 9.03. The van der Waals surface area contributed by atoms with Gasteiger partial charge in [0.25, 0.3) is 0 Å². The van der Waals surface area contributed by atoms with E-state index < -0.39 is 0 Å². The van der Waals surface area contributed by atoms with Gasteiger partial charge in [-0.2, -0.15) is 0 Å². The fraction of sp³-hybridized carbons (Fsp3) is 0.0625. The number of nitrogens with one attached hydrogen (secondary N) is 2. The third-order valence-corrected chi connectivity index (χ3v) is 4.92. The molecule has 0 saturated heterocycles. The van der Waals surface area contributed by atoms with Crippen LogP contribution in [0.1, 0.15) is 5.56 Å². The maximum atomic E-state index is 9.80. The molecule has 0 radical (unpaired) electrons. The summed E-state index contributed by atoms with van der Waals surface area (Å²) in [7, 11) is 0. The fourth-order valence-electron chi connectivity index (χ4n) is 1.91. The highest BCUT2D eigenvalue weighted by Crippen LogP contribution is 2.25. The van der Waals surface area contributed by atoms with E-state index in [1.54, 1.807) is 35.7 Å². The molecule has 118 valence electrons. The van der Waals surface area contributed by atoms with Gasteiger partial charge in [0.05, 0.1) is 0 Å². The highest BCUT2D eigenvalue weighted by Gasteiger charge is 2.03. The zero-order valence-corrected chi connectivity index (χ0v) is 14.4. The van der Waals surface area contributed by atoms with Gasteiger partial charge in [-0.3, -0.25) is 0 Å². The molecule has 0 aliphatic heterocycles. The van der Waals surface area contributed by atoms with E-state index in [2.05, 4.69) is 15.0 Å². The first-order valence-corrected chi connectivity index (χ1v) is 8.92. The maximum absolute atomic E-state index is 9.80. The molecule has 4 nitrogen and oxygen atoms in total. The molecule has 0 saturated carbocycles. The summed E-state index contributed by atoms with van der Waals surface area (Å²) in [4.78, 5) is 5.26. The molecule has 3 aromatic rings. The number of rotatable bonds is 6. The SMILES string of the molecule is Oc1ccc(Cl)cc1CNc1ccc(SNc2nccs2)cc1. The number of aromatic hydroxyl groups is 1. The van der Waals surface area contributed by atoms with Crippen molar-refractivity contribution in [3.05, 3.63) is 64.6 Å². The Morgan fingerprint density at radius 1 is 1.17 bits per heavy atom. The molecule has 3 rings (SSSR count). The van der Waals surface area contributed by atoms with Gasteiger partial charge in [-0.05, 0) is 54.4 Å². The van der Waals surface area contributed by atoms with E-state index in [-0.39, 0.29) is 5.75 Å². The van der Waals surface area contributed by atoms with Crippen LogP contribution in [0.5, 0.6) is 5.75 Å². The number of benzene rings is 2. The van der Waals surface area contributed by atoms with Gasteiger partial charge in [0, 0.05) is 39.3 Å². The van der Waals surface area contributed by atoms with Gasteiger partial charge in [0.15, 0.2) is 5.13 Å². The van der Waals surface area contributed by atoms with E-state index in [1.807, 2.05) is 29.6 Å². The van der Waals surface area contributed by atoms with Gasteiger partial charge in [-0.25, -0.2) is 4.98 Å². The second-order valence-electron chi connectivity index (χ2n) is 4.69. The fourth-order valence-corrected chi connectivity index (χ4v) is 3.32. The summed E-state index contributed by atoms with van der Waals surface area (Å²) in [5, 5.41) is 16.5. The summed E-state index contributed by atoms with van der Waals surface area (Å²) in [5.74, 6) is 0.238. The molecule has 0 aliphatic rings. The van der Waals surface area contributed by atoms with Gasteiger partial charge in [-0.1, -0.05) is 11.6 Å². The number of phenols is 1. The maximum Gasteiger partial charge on any atom is 0.192 e. The van der Waals surface area contributed by atoms with Crippen molar-refractivity contribution in [1.82, 2.24) is 4.98 Å². The van der Waals surface area contributed by atoms with Gasteiger partial charge in [0.2, 0.25) is 0 Å². The minimum absolute atomic E-state index is 0.238. The quantitative estimate of drug-likeness (QED) is 0.523. The van der Waals surface area contributed by atoms with Crippen molar-refractivity contribution >= 4 is 45.7 Å². The lowest BCUT2D eigenvalue weighted by molar-refractivity contribution is 0.469. The molecule has 0 fully saturated rings. The molecule has 0 atom stereocenters. The molecule has 0 bridgehead atoms. The number of hydrogen-bond donors (Lipinski definition) is 3. The lowest BCUT2D eigenvalue weighted by Crippen LogP contribution is -1.99. The number of aromatic nitrogens is 1. The minimum Gasteiger partial charge on any atom is -0.508 e. The number of halogens is 1. The van der Waals surface area contributed by atoms with Crippen molar-refractivity contribution in [2.24, 2.45) is 0 Å². The predicted molar refractivity (Wildman–Crippen MR) is 98.5 cm³/mol. The van der Waals surface area contributed by atoms with Crippen LogP contribution in [-0.2, 0) is 6.54 Å². The molecule has 1 heterocycles. The lowest BCUT2D eigenvalue weighted by Gasteiger charge is -2.09. The molecule has 0 aliphatic carbocycles. The summed E-state index contributed by atoms with van der Waals surface area (Å²) < 4.78 is 3.19. The van der Waals surface area contributed by atoms with Crippen LogP contribution in [0.15, 0.2) is 58.9 Å². The average Bonchev–Trinajstić information content (AvgIpc) is 3.08. The van der Waals surface area contributed by atoms with Gasteiger partial charge in [0.1, 0.15) is 5.75 Å². The first-order chi connectivity index (χ1) is 11.2. The minimum atomic E-state index is 0.238. The zero-order chi connectivity index (χ0) is 16.1. The van der Waals surface area contributed by atoms with Crippen molar-refractivity contribution in [2.75, 3.05) is 10.0 Å². The Morgan fingerprint density at radius 3 is 2.74 bits per heavy atom. The molecular formula is C16H14ClN3OS2. The lowest BCUT2D eigenvalue weighted by atomic mass is 10.2. The second-order valence-corrected chi connectivity index (χ2v) is 6.90. The normalized spacial score (nSPS) is 10.5. The van der Waals surface area contributed by atoms with Crippen molar-refractivity contribution in [3.8, 4) is 5.75 Å². The molecule has 2 aromatic carbocycles. The summed E-state index contributed by atoms with van der Waals surface area (Å²) in [5.41, 5.74) is 1.74. The summed E-state index contributed by atoms with van der Waals surface area (Å²) in [6, 6.07) is 13.1. The first-order valence-electron chi connectivity index (χ1n) is 6.84. The Kier molecular flexibility index (Phi) is 5.27. The number of anilines is 2. The van der Waals surface area contributed by atoms with Crippen molar-refractivity contribution in [3.63, 3.8) is 0 Å². The van der Waals surface area contributed by atoms with Gasteiger partial charge in [-0.15, -0.1) is 11.3 Å². The van der Waals surface area contributed by atoms with Crippen LogP contribution < -0.4 is 10.0 Å². The van der Waals surface area contributed by atoms with Crippen LogP contribution in [-0.4, -0.2) is 10.1 Å². The van der Waals surface area contributed by atoms with E-state index >= 15 is 0 Å². The Bertz CT molecular complexity index is 764. The largest absolute Gasteiger partial charge is 0.508 e. The topological polar surface area (TPSA) is 57.2 Å². The average molecular weight is 364 g/mol. The number of hydrogen-bond acceptors (Lipinski definition) is 6.